The summed E-state index contributed by atoms with van der Waals surface area (Å²) in [6, 6.07) is 6.28. The lowest BCUT2D eigenvalue weighted by Crippen LogP contribution is -2.29. The predicted molar refractivity (Wildman–Crippen MR) is 81.7 cm³/mol. The fourth-order valence-electron chi connectivity index (χ4n) is 2.29. The van der Waals surface area contributed by atoms with Crippen LogP contribution < -0.4 is 14.8 Å². The first-order valence-electron chi connectivity index (χ1n) is 7.22. The van der Waals surface area contributed by atoms with Crippen molar-refractivity contribution in [3.8, 4) is 11.5 Å². The lowest BCUT2D eigenvalue weighted by molar-refractivity contribution is -0.0431. The topological polar surface area (TPSA) is 48.3 Å². The summed E-state index contributed by atoms with van der Waals surface area (Å²) in [7, 11) is 0. The van der Waals surface area contributed by atoms with Gasteiger partial charge in [0.25, 0.3) is 0 Å². The van der Waals surface area contributed by atoms with Gasteiger partial charge in [0, 0.05) is 49.9 Å². The minimum absolute atomic E-state index is 0.381. The van der Waals surface area contributed by atoms with Crippen LogP contribution in [-0.4, -0.2) is 15.6 Å². The average molecular weight is 287 g/mol. The molecule has 3 rings (SSSR count). The van der Waals surface area contributed by atoms with Crippen LogP contribution in [0.5, 0.6) is 11.5 Å². The van der Waals surface area contributed by atoms with E-state index in [-0.39, 0.29) is 0 Å². The molecule has 0 spiro atoms. The van der Waals surface area contributed by atoms with Crippen LogP contribution in [0.4, 0.5) is 5.69 Å². The zero-order valence-electron chi connectivity index (χ0n) is 12.9. The number of nitrogens with one attached hydrogen (secondary N) is 1. The number of anilines is 1. The smallest absolute Gasteiger partial charge is 0.246 e. The van der Waals surface area contributed by atoms with Crippen molar-refractivity contribution >= 4 is 5.69 Å². The maximum atomic E-state index is 5.74. The quantitative estimate of drug-likeness (QED) is 0.933. The second-order valence-corrected chi connectivity index (χ2v) is 6.04. The molecule has 0 radical (unpaired) electrons. The Balaban J connectivity index is 1.66. The molecular formula is C16H21N3O2. The number of benzene rings is 1. The third kappa shape index (κ3) is 2.96. The van der Waals surface area contributed by atoms with E-state index < -0.39 is 5.79 Å². The van der Waals surface area contributed by atoms with Gasteiger partial charge in [0.2, 0.25) is 5.79 Å². The number of nitrogens with zero attached hydrogens (tertiary/aromatic N) is 2. The van der Waals surface area contributed by atoms with Gasteiger partial charge < -0.3 is 14.8 Å². The normalized spacial score (nSPS) is 15.5. The Morgan fingerprint density at radius 3 is 2.71 bits per heavy atom. The zero-order valence-corrected chi connectivity index (χ0v) is 12.9. The van der Waals surface area contributed by atoms with Crippen molar-refractivity contribution in [1.82, 2.24) is 9.78 Å². The third-order valence-electron chi connectivity index (χ3n) is 3.34. The maximum Gasteiger partial charge on any atom is 0.246 e. The molecule has 0 saturated heterocycles. The van der Waals surface area contributed by atoms with E-state index in [4.69, 9.17) is 9.47 Å². The van der Waals surface area contributed by atoms with Gasteiger partial charge in [-0.1, -0.05) is 0 Å². The van der Waals surface area contributed by atoms with Crippen LogP contribution in [0.15, 0.2) is 30.6 Å². The molecule has 5 nitrogen and oxygen atoms in total. The molecule has 1 aromatic carbocycles. The molecule has 0 saturated carbocycles. The van der Waals surface area contributed by atoms with Gasteiger partial charge in [-0.2, -0.15) is 5.10 Å². The molecule has 1 aliphatic rings. The highest BCUT2D eigenvalue weighted by molar-refractivity contribution is 5.56. The van der Waals surface area contributed by atoms with Gasteiger partial charge in [-0.15, -0.1) is 0 Å². The van der Waals surface area contributed by atoms with E-state index in [0.29, 0.717) is 6.04 Å². The molecule has 2 aromatic rings. The Labute approximate surface area is 124 Å². The Bertz CT molecular complexity index is 647. The molecule has 0 atom stereocenters. The molecule has 0 bridgehead atoms. The van der Waals surface area contributed by atoms with Gasteiger partial charge in [0.15, 0.2) is 11.5 Å². The van der Waals surface area contributed by atoms with Crippen molar-refractivity contribution in [1.29, 1.82) is 0 Å². The zero-order chi connectivity index (χ0) is 15.0. The van der Waals surface area contributed by atoms with E-state index in [1.807, 2.05) is 42.9 Å². The van der Waals surface area contributed by atoms with Crippen LogP contribution in [0.3, 0.4) is 0 Å². The van der Waals surface area contributed by atoms with Crippen molar-refractivity contribution in [3.63, 3.8) is 0 Å². The summed E-state index contributed by atoms with van der Waals surface area (Å²) in [5.74, 6) is 0.986. The molecule has 2 heterocycles. The van der Waals surface area contributed by atoms with Crippen LogP contribution >= 0.6 is 0 Å². The van der Waals surface area contributed by atoms with E-state index in [0.717, 1.165) is 29.3 Å². The first-order chi connectivity index (χ1) is 9.93. The van der Waals surface area contributed by atoms with Gasteiger partial charge in [-0.3, -0.25) is 4.68 Å². The fourth-order valence-corrected chi connectivity index (χ4v) is 2.29. The Morgan fingerprint density at radius 1 is 1.24 bits per heavy atom. The largest absolute Gasteiger partial charge is 0.449 e. The minimum atomic E-state index is -0.584. The molecule has 21 heavy (non-hydrogen) atoms. The molecule has 0 unspecified atom stereocenters. The molecule has 1 aliphatic heterocycles. The number of aromatic nitrogens is 2. The fraction of sp³-hybridized carbons (Fsp3) is 0.438. The van der Waals surface area contributed by atoms with Crippen molar-refractivity contribution in [3.05, 3.63) is 36.2 Å². The standard InChI is InChI=1S/C16H21N3O2/c1-11(2)19-10-12(9-18-19)8-17-13-5-6-14-15(7-13)21-16(3,4)20-14/h5-7,9-11,17H,8H2,1-4H3. The van der Waals surface area contributed by atoms with Crippen LogP contribution in [0, 0.1) is 0 Å². The summed E-state index contributed by atoms with van der Waals surface area (Å²) in [6.45, 7) is 8.77. The van der Waals surface area contributed by atoms with Crippen LogP contribution in [0.25, 0.3) is 0 Å². The molecule has 0 amide bonds. The highest BCUT2D eigenvalue weighted by atomic mass is 16.7. The highest BCUT2D eigenvalue weighted by Gasteiger charge is 2.31. The number of fused-ring (bicyclic) bond motifs is 1. The van der Waals surface area contributed by atoms with Crippen LogP contribution in [0.2, 0.25) is 0 Å². The predicted octanol–water partition coefficient (Wildman–Crippen LogP) is 3.58. The van der Waals surface area contributed by atoms with Gasteiger partial charge >= 0.3 is 0 Å². The Kier molecular flexibility index (Phi) is 3.27. The molecule has 1 aromatic heterocycles. The lowest BCUT2D eigenvalue weighted by Gasteiger charge is -2.16. The van der Waals surface area contributed by atoms with Crippen LogP contribution in [-0.2, 0) is 6.54 Å². The van der Waals surface area contributed by atoms with Crippen molar-refractivity contribution in [2.75, 3.05) is 5.32 Å². The van der Waals surface area contributed by atoms with E-state index in [1.54, 1.807) is 0 Å². The molecule has 0 aliphatic carbocycles. The summed E-state index contributed by atoms with van der Waals surface area (Å²) in [6.07, 6.45) is 3.96. The minimum Gasteiger partial charge on any atom is -0.449 e. The van der Waals surface area contributed by atoms with Gasteiger partial charge in [0.05, 0.1) is 6.20 Å². The van der Waals surface area contributed by atoms with Crippen molar-refractivity contribution < 1.29 is 9.47 Å². The summed E-state index contributed by atoms with van der Waals surface area (Å²) >= 11 is 0. The highest BCUT2D eigenvalue weighted by Crippen LogP contribution is 2.40. The molecule has 112 valence electrons. The van der Waals surface area contributed by atoms with Crippen LogP contribution in [0.1, 0.15) is 39.3 Å². The van der Waals surface area contributed by atoms with Gasteiger partial charge in [-0.05, 0) is 26.0 Å². The molecule has 1 N–H and O–H groups in total. The van der Waals surface area contributed by atoms with E-state index in [2.05, 4.69) is 30.5 Å². The second-order valence-electron chi connectivity index (χ2n) is 6.04. The summed E-state index contributed by atoms with van der Waals surface area (Å²) < 4.78 is 13.4. The number of hydrogen-bond acceptors (Lipinski definition) is 4. The van der Waals surface area contributed by atoms with Crippen molar-refractivity contribution in [2.45, 2.75) is 46.1 Å². The van der Waals surface area contributed by atoms with E-state index in [9.17, 15) is 0 Å². The molecule has 5 heteroatoms. The molecular weight excluding hydrogens is 266 g/mol. The molecule has 0 fully saturated rings. The number of rotatable bonds is 4. The third-order valence-corrected chi connectivity index (χ3v) is 3.34. The summed E-state index contributed by atoms with van der Waals surface area (Å²) in [5.41, 5.74) is 2.16. The van der Waals surface area contributed by atoms with E-state index in [1.165, 1.54) is 0 Å². The monoisotopic (exact) mass is 287 g/mol. The Hall–Kier alpha value is -2.17. The van der Waals surface area contributed by atoms with Crippen molar-refractivity contribution in [2.24, 2.45) is 0 Å². The van der Waals surface area contributed by atoms with E-state index >= 15 is 0 Å². The summed E-state index contributed by atoms with van der Waals surface area (Å²) in [5, 5.41) is 7.72. The number of hydrogen-bond donors (Lipinski definition) is 1. The lowest BCUT2D eigenvalue weighted by atomic mass is 10.2. The maximum absolute atomic E-state index is 5.74. The first kappa shape index (κ1) is 13.8. The summed E-state index contributed by atoms with van der Waals surface area (Å²) in [4.78, 5) is 0. The van der Waals surface area contributed by atoms with Gasteiger partial charge in [0.1, 0.15) is 0 Å². The first-order valence-corrected chi connectivity index (χ1v) is 7.22. The number of ether oxygens (including phenoxy) is 2. The average Bonchev–Trinajstić information content (AvgIpc) is 2.98. The Morgan fingerprint density at radius 2 is 2.00 bits per heavy atom. The van der Waals surface area contributed by atoms with Gasteiger partial charge in [-0.25, -0.2) is 0 Å². The second kappa shape index (κ2) is 4.98. The SMILES string of the molecule is CC(C)n1cc(CNc2ccc3c(c2)OC(C)(C)O3)cn1.